The van der Waals surface area contributed by atoms with Crippen molar-refractivity contribution in [2.24, 2.45) is 0 Å². The molecule has 0 aromatic heterocycles. The molecule has 3 aromatic carbocycles. The second kappa shape index (κ2) is 7.45. The van der Waals surface area contributed by atoms with Gasteiger partial charge in [0.1, 0.15) is 11.5 Å². The lowest BCUT2D eigenvalue weighted by atomic mass is 9.95. The molecule has 0 bridgehead atoms. The summed E-state index contributed by atoms with van der Waals surface area (Å²) in [5, 5.41) is 12.7. The molecule has 3 rings (SSSR count). The lowest BCUT2D eigenvalue weighted by molar-refractivity contribution is 0.102. The first kappa shape index (κ1) is 19.0. The van der Waals surface area contributed by atoms with Crippen LogP contribution >= 0.6 is 9.24 Å². The molecule has 3 aromatic rings. The van der Waals surface area contributed by atoms with E-state index in [2.05, 4.69) is 14.6 Å². The van der Waals surface area contributed by atoms with Crippen LogP contribution in [-0.2, 0) is 0 Å². The molecule has 0 saturated heterocycles. The van der Waals surface area contributed by atoms with Gasteiger partial charge in [-0.05, 0) is 65.7 Å². The maximum absolute atomic E-state index is 14.0. The van der Waals surface area contributed by atoms with E-state index in [0.29, 0.717) is 11.1 Å². The van der Waals surface area contributed by atoms with Crippen LogP contribution in [0.5, 0.6) is 5.75 Å². The summed E-state index contributed by atoms with van der Waals surface area (Å²) in [7, 11) is 2.62. The predicted octanol–water partition coefficient (Wildman–Crippen LogP) is 4.71. The quantitative estimate of drug-likeness (QED) is 0.642. The van der Waals surface area contributed by atoms with Gasteiger partial charge in [0.25, 0.3) is 5.91 Å². The fourth-order valence-corrected chi connectivity index (χ4v) is 3.11. The van der Waals surface area contributed by atoms with E-state index in [1.807, 2.05) is 37.3 Å². The third kappa shape index (κ3) is 3.83. The zero-order valence-electron chi connectivity index (χ0n) is 14.8. The minimum atomic E-state index is -1.20. The molecule has 2 N–H and O–H groups in total. The maximum Gasteiger partial charge on any atom is 0.256 e. The van der Waals surface area contributed by atoms with Crippen molar-refractivity contribution in [3.05, 3.63) is 76.9 Å². The molecule has 0 aliphatic carbocycles. The second-order valence-electron chi connectivity index (χ2n) is 6.30. The van der Waals surface area contributed by atoms with Crippen LogP contribution in [0.1, 0.15) is 21.5 Å². The van der Waals surface area contributed by atoms with Crippen LogP contribution < -0.4 is 10.6 Å². The SMILES string of the molecule is Cc1cc(-c2cccc(P)c2)cc(C(=O)Nc2c(F)ccc(O)c2F)c1C. The van der Waals surface area contributed by atoms with Crippen LogP contribution in [0.2, 0.25) is 0 Å². The molecule has 0 fully saturated rings. The van der Waals surface area contributed by atoms with Crippen molar-refractivity contribution in [3.63, 3.8) is 0 Å². The molecule has 0 spiro atoms. The highest BCUT2D eigenvalue weighted by molar-refractivity contribution is 7.27. The van der Waals surface area contributed by atoms with E-state index in [-0.39, 0.29) is 0 Å². The number of phenolic OH excluding ortho intramolecular Hbond substituents is 1. The van der Waals surface area contributed by atoms with E-state index in [9.17, 15) is 18.7 Å². The molecule has 27 heavy (non-hydrogen) atoms. The Bertz CT molecular complexity index is 1050. The highest BCUT2D eigenvalue weighted by atomic mass is 31.0. The summed E-state index contributed by atoms with van der Waals surface area (Å²) >= 11 is 0. The number of halogens is 2. The number of rotatable bonds is 3. The summed E-state index contributed by atoms with van der Waals surface area (Å²) in [4.78, 5) is 12.7. The lowest BCUT2D eigenvalue weighted by Crippen LogP contribution is -2.16. The topological polar surface area (TPSA) is 49.3 Å². The van der Waals surface area contributed by atoms with Gasteiger partial charge in [-0.3, -0.25) is 4.79 Å². The molecule has 0 aliphatic heterocycles. The van der Waals surface area contributed by atoms with Crippen LogP contribution in [0, 0.1) is 25.5 Å². The van der Waals surface area contributed by atoms with Gasteiger partial charge in [0.05, 0.1) is 0 Å². The number of phenols is 1. The van der Waals surface area contributed by atoms with Crippen LogP contribution in [0.15, 0.2) is 48.5 Å². The number of nitrogens with one attached hydrogen (secondary N) is 1. The summed E-state index contributed by atoms with van der Waals surface area (Å²) in [6.07, 6.45) is 0. The van der Waals surface area contributed by atoms with Gasteiger partial charge in [-0.1, -0.05) is 24.3 Å². The monoisotopic (exact) mass is 385 g/mol. The molecule has 0 radical (unpaired) electrons. The smallest absolute Gasteiger partial charge is 0.256 e. The summed E-state index contributed by atoms with van der Waals surface area (Å²) < 4.78 is 27.9. The number of anilines is 1. The van der Waals surface area contributed by atoms with Gasteiger partial charge < -0.3 is 10.4 Å². The molecule has 1 unspecified atom stereocenters. The van der Waals surface area contributed by atoms with E-state index >= 15 is 0 Å². The van der Waals surface area contributed by atoms with Crippen LogP contribution in [-0.4, -0.2) is 11.0 Å². The van der Waals surface area contributed by atoms with Crippen molar-refractivity contribution in [2.75, 3.05) is 5.32 Å². The van der Waals surface area contributed by atoms with Gasteiger partial charge in [-0.25, -0.2) is 8.78 Å². The first-order chi connectivity index (χ1) is 12.8. The van der Waals surface area contributed by atoms with Crippen LogP contribution in [0.25, 0.3) is 11.1 Å². The average molecular weight is 385 g/mol. The van der Waals surface area contributed by atoms with Crippen molar-refractivity contribution in [2.45, 2.75) is 13.8 Å². The normalized spacial score (nSPS) is 10.7. The van der Waals surface area contributed by atoms with Crippen LogP contribution in [0.4, 0.5) is 14.5 Å². The van der Waals surface area contributed by atoms with Crippen molar-refractivity contribution in [1.29, 1.82) is 0 Å². The fraction of sp³-hybridized carbons (Fsp3) is 0.0952. The molecule has 0 heterocycles. The van der Waals surface area contributed by atoms with Gasteiger partial charge in [0.2, 0.25) is 0 Å². The maximum atomic E-state index is 14.0. The number of aryl methyl sites for hydroxylation is 1. The molecule has 1 amide bonds. The minimum absolute atomic E-state index is 0.307. The van der Waals surface area contributed by atoms with Crippen molar-refractivity contribution >= 4 is 26.1 Å². The molecule has 0 saturated carbocycles. The third-order valence-electron chi connectivity index (χ3n) is 4.44. The Morgan fingerprint density at radius 2 is 1.78 bits per heavy atom. The first-order valence-electron chi connectivity index (χ1n) is 8.23. The Morgan fingerprint density at radius 3 is 2.48 bits per heavy atom. The molecule has 6 heteroatoms. The Balaban J connectivity index is 2.04. The zero-order chi connectivity index (χ0) is 19.7. The zero-order valence-corrected chi connectivity index (χ0v) is 16.0. The Morgan fingerprint density at radius 1 is 1.04 bits per heavy atom. The summed E-state index contributed by atoms with van der Waals surface area (Å²) in [6.45, 7) is 3.64. The number of carbonyl (C=O) groups is 1. The number of benzene rings is 3. The average Bonchev–Trinajstić information content (AvgIpc) is 2.64. The molecule has 138 valence electrons. The number of aromatic hydroxyl groups is 1. The molecule has 0 aliphatic rings. The molecular weight excluding hydrogens is 367 g/mol. The molecule has 1 atom stereocenters. The summed E-state index contributed by atoms with van der Waals surface area (Å²) in [5.74, 6) is -3.54. The summed E-state index contributed by atoms with van der Waals surface area (Å²) in [6, 6.07) is 13.2. The number of hydrogen-bond acceptors (Lipinski definition) is 2. The van der Waals surface area contributed by atoms with Gasteiger partial charge >= 0.3 is 0 Å². The van der Waals surface area contributed by atoms with E-state index in [1.54, 1.807) is 13.0 Å². The van der Waals surface area contributed by atoms with E-state index < -0.39 is 29.0 Å². The van der Waals surface area contributed by atoms with Gasteiger partial charge in [0.15, 0.2) is 11.6 Å². The van der Waals surface area contributed by atoms with Crippen molar-refractivity contribution < 1.29 is 18.7 Å². The molecule has 3 nitrogen and oxygen atoms in total. The van der Waals surface area contributed by atoms with Crippen molar-refractivity contribution in [1.82, 2.24) is 0 Å². The third-order valence-corrected chi connectivity index (χ3v) is 4.80. The lowest BCUT2D eigenvalue weighted by Gasteiger charge is -2.14. The number of hydrogen-bond donors (Lipinski definition) is 2. The van der Waals surface area contributed by atoms with E-state index in [1.165, 1.54) is 0 Å². The Hall–Kier alpha value is -2.78. The van der Waals surface area contributed by atoms with Crippen LogP contribution in [0.3, 0.4) is 0 Å². The van der Waals surface area contributed by atoms with E-state index in [4.69, 9.17) is 0 Å². The standard InChI is InChI=1S/C21H18F2NO2P/c1-11-8-14(13-4-3-5-15(27)9-13)10-16(12(11)2)21(26)24-20-17(22)6-7-18(25)19(20)23/h3-10,25H,27H2,1-2H3,(H,24,26). The number of amides is 1. The van der Waals surface area contributed by atoms with Gasteiger partial charge in [0, 0.05) is 5.56 Å². The Kier molecular flexibility index (Phi) is 5.24. The Labute approximate surface area is 158 Å². The largest absolute Gasteiger partial charge is 0.505 e. The summed E-state index contributed by atoms with van der Waals surface area (Å²) in [5.41, 5.74) is 2.97. The van der Waals surface area contributed by atoms with Crippen molar-refractivity contribution in [3.8, 4) is 16.9 Å². The van der Waals surface area contributed by atoms with E-state index in [0.717, 1.165) is 34.1 Å². The van der Waals surface area contributed by atoms with Gasteiger partial charge in [-0.15, -0.1) is 9.24 Å². The predicted molar refractivity (Wildman–Crippen MR) is 107 cm³/mol. The number of carbonyl (C=O) groups excluding carboxylic acids is 1. The highest BCUT2D eigenvalue weighted by Crippen LogP contribution is 2.29. The highest BCUT2D eigenvalue weighted by Gasteiger charge is 2.19. The first-order valence-corrected chi connectivity index (χ1v) is 8.81. The molecular formula is C21H18F2NO2P. The second-order valence-corrected chi connectivity index (χ2v) is 6.97. The minimum Gasteiger partial charge on any atom is -0.505 e. The van der Waals surface area contributed by atoms with Gasteiger partial charge in [-0.2, -0.15) is 0 Å². The fourth-order valence-electron chi connectivity index (χ4n) is 2.82.